The van der Waals surface area contributed by atoms with Crippen molar-refractivity contribution in [3.05, 3.63) is 64.7 Å². The summed E-state index contributed by atoms with van der Waals surface area (Å²) < 4.78 is 0. The second-order valence-electron chi connectivity index (χ2n) is 6.54. The molecular formula is C22H29N3O3. The van der Waals surface area contributed by atoms with E-state index in [9.17, 15) is 15.0 Å². The SMILES string of the molecule is C/C=C\c1c([C@@H](O)CNCCc2ccc(CNC)cc2)ccc(O)c1NC=O. The zero-order valence-corrected chi connectivity index (χ0v) is 16.4. The number of phenols is 1. The maximum atomic E-state index is 10.8. The minimum atomic E-state index is -0.767. The van der Waals surface area contributed by atoms with Gasteiger partial charge in [-0.05, 0) is 49.7 Å². The van der Waals surface area contributed by atoms with Crippen molar-refractivity contribution in [1.29, 1.82) is 0 Å². The van der Waals surface area contributed by atoms with Gasteiger partial charge >= 0.3 is 0 Å². The molecule has 2 aromatic rings. The topological polar surface area (TPSA) is 93.6 Å². The fourth-order valence-corrected chi connectivity index (χ4v) is 3.08. The Morgan fingerprint density at radius 3 is 2.46 bits per heavy atom. The van der Waals surface area contributed by atoms with Gasteiger partial charge in [-0.2, -0.15) is 0 Å². The van der Waals surface area contributed by atoms with Crippen LogP contribution in [0.1, 0.15) is 35.3 Å². The Bertz CT molecular complexity index is 788. The minimum Gasteiger partial charge on any atom is -0.506 e. The number of nitrogens with one attached hydrogen (secondary N) is 3. The first-order valence-corrected chi connectivity index (χ1v) is 9.40. The first-order valence-electron chi connectivity index (χ1n) is 9.40. The van der Waals surface area contributed by atoms with Crippen LogP contribution in [0.2, 0.25) is 0 Å². The van der Waals surface area contributed by atoms with Crippen LogP contribution >= 0.6 is 0 Å². The van der Waals surface area contributed by atoms with Crippen LogP contribution in [0.3, 0.4) is 0 Å². The van der Waals surface area contributed by atoms with Gasteiger partial charge in [0, 0.05) is 18.7 Å². The van der Waals surface area contributed by atoms with Gasteiger partial charge in [0.2, 0.25) is 6.41 Å². The molecular weight excluding hydrogens is 354 g/mol. The molecule has 0 aliphatic rings. The molecule has 0 fully saturated rings. The number of allylic oxidation sites excluding steroid dienone is 1. The number of phenolic OH excluding ortho intramolecular Hbond substituents is 1. The number of rotatable bonds is 11. The molecule has 6 heteroatoms. The van der Waals surface area contributed by atoms with Crippen LogP contribution in [-0.4, -0.2) is 36.8 Å². The summed E-state index contributed by atoms with van der Waals surface area (Å²) in [6.07, 6.45) is 4.17. The van der Waals surface area contributed by atoms with Crippen LogP contribution in [0, 0.1) is 0 Å². The number of hydrogen-bond donors (Lipinski definition) is 5. The molecule has 150 valence electrons. The molecule has 28 heavy (non-hydrogen) atoms. The smallest absolute Gasteiger partial charge is 0.211 e. The Labute approximate surface area is 166 Å². The molecule has 0 bridgehead atoms. The highest BCUT2D eigenvalue weighted by Gasteiger charge is 2.16. The highest BCUT2D eigenvalue weighted by Crippen LogP contribution is 2.33. The van der Waals surface area contributed by atoms with E-state index in [4.69, 9.17) is 0 Å². The molecule has 6 nitrogen and oxygen atoms in total. The quantitative estimate of drug-likeness (QED) is 0.234. The average Bonchev–Trinajstić information content (AvgIpc) is 2.69. The number of hydrogen-bond acceptors (Lipinski definition) is 5. The number of aliphatic hydroxyl groups is 1. The average molecular weight is 383 g/mol. The largest absolute Gasteiger partial charge is 0.506 e. The lowest BCUT2D eigenvalue weighted by atomic mass is 9.99. The molecule has 2 rings (SSSR count). The highest BCUT2D eigenvalue weighted by atomic mass is 16.3. The minimum absolute atomic E-state index is 0.0363. The van der Waals surface area contributed by atoms with E-state index in [1.807, 2.05) is 14.0 Å². The van der Waals surface area contributed by atoms with E-state index < -0.39 is 6.10 Å². The Balaban J connectivity index is 1.96. The van der Waals surface area contributed by atoms with Gasteiger partial charge in [0.1, 0.15) is 5.75 Å². The zero-order valence-electron chi connectivity index (χ0n) is 16.4. The maximum absolute atomic E-state index is 10.8. The van der Waals surface area contributed by atoms with E-state index in [0.717, 1.165) is 19.5 Å². The molecule has 0 radical (unpaired) electrons. The van der Waals surface area contributed by atoms with Crippen molar-refractivity contribution in [2.24, 2.45) is 0 Å². The first kappa shape index (κ1) is 21.6. The summed E-state index contributed by atoms with van der Waals surface area (Å²) in [6.45, 7) is 3.80. The van der Waals surface area contributed by atoms with Gasteiger partial charge in [-0.25, -0.2) is 0 Å². The number of aromatic hydroxyl groups is 1. The summed E-state index contributed by atoms with van der Waals surface area (Å²) in [5, 5.41) is 29.5. The summed E-state index contributed by atoms with van der Waals surface area (Å²) in [7, 11) is 1.93. The number of anilines is 1. The normalized spacial score (nSPS) is 12.2. The number of benzene rings is 2. The van der Waals surface area contributed by atoms with Gasteiger partial charge in [-0.1, -0.05) is 42.5 Å². The van der Waals surface area contributed by atoms with Gasteiger partial charge in [-0.15, -0.1) is 0 Å². The number of amides is 1. The Kier molecular flexibility index (Phi) is 8.68. The van der Waals surface area contributed by atoms with Crippen LogP contribution in [0.4, 0.5) is 5.69 Å². The van der Waals surface area contributed by atoms with Crippen LogP contribution in [-0.2, 0) is 17.8 Å². The molecule has 0 saturated heterocycles. The molecule has 0 aliphatic heterocycles. The zero-order chi connectivity index (χ0) is 20.4. The van der Waals surface area contributed by atoms with E-state index in [0.29, 0.717) is 29.8 Å². The lowest BCUT2D eigenvalue weighted by Crippen LogP contribution is -2.24. The summed E-state index contributed by atoms with van der Waals surface area (Å²) in [6, 6.07) is 11.6. The van der Waals surface area contributed by atoms with Crippen molar-refractivity contribution in [2.45, 2.75) is 26.0 Å². The molecule has 0 saturated carbocycles. The monoisotopic (exact) mass is 383 g/mol. The number of carbonyl (C=O) groups is 1. The van der Waals surface area contributed by atoms with Gasteiger partial charge < -0.3 is 26.2 Å². The molecule has 0 unspecified atom stereocenters. The van der Waals surface area contributed by atoms with Crippen molar-refractivity contribution in [3.63, 3.8) is 0 Å². The Morgan fingerprint density at radius 1 is 1.11 bits per heavy atom. The Morgan fingerprint density at radius 2 is 1.82 bits per heavy atom. The summed E-state index contributed by atoms with van der Waals surface area (Å²) in [4.78, 5) is 10.8. The van der Waals surface area contributed by atoms with Gasteiger partial charge in [0.25, 0.3) is 0 Å². The number of carbonyl (C=O) groups excluding carboxylic acids is 1. The summed E-state index contributed by atoms with van der Waals surface area (Å²) in [5.74, 6) is -0.0363. The second-order valence-corrected chi connectivity index (χ2v) is 6.54. The lowest BCUT2D eigenvalue weighted by molar-refractivity contribution is -0.105. The summed E-state index contributed by atoms with van der Waals surface area (Å²) in [5.41, 5.74) is 4.02. The fraction of sp³-hybridized carbons (Fsp3) is 0.318. The van der Waals surface area contributed by atoms with E-state index in [2.05, 4.69) is 40.2 Å². The molecule has 1 atom stereocenters. The van der Waals surface area contributed by atoms with E-state index in [1.54, 1.807) is 18.2 Å². The van der Waals surface area contributed by atoms with E-state index >= 15 is 0 Å². The van der Waals surface area contributed by atoms with Crippen molar-refractivity contribution in [3.8, 4) is 5.75 Å². The lowest BCUT2D eigenvalue weighted by Gasteiger charge is -2.18. The third kappa shape index (κ3) is 5.92. The van der Waals surface area contributed by atoms with E-state index in [-0.39, 0.29) is 5.75 Å². The summed E-state index contributed by atoms with van der Waals surface area (Å²) >= 11 is 0. The fourth-order valence-electron chi connectivity index (χ4n) is 3.08. The van der Waals surface area contributed by atoms with Crippen molar-refractivity contribution < 1.29 is 15.0 Å². The molecule has 0 aliphatic carbocycles. The predicted molar refractivity (Wildman–Crippen MR) is 113 cm³/mol. The van der Waals surface area contributed by atoms with Crippen LogP contribution in [0.25, 0.3) is 6.08 Å². The first-order chi connectivity index (χ1) is 13.6. The van der Waals surface area contributed by atoms with Gasteiger partial charge in [-0.3, -0.25) is 4.79 Å². The third-order valence-corrected chi connectivity index (χ3v) is 4.48. The molecule has 0 aromatic heterocycles. The molecule has 0 spiro atoms. The van der Waals surface area contributed by atoms with Crippen molar-refractivity contribution in [2.75, 3.05) is 25.5 Å². The van der Waals surface area contributed by atoms with Gasteiger partial charge in [0.05, 0.1) is 11.8 Å². The second kappa shape index (κ2) is 11.2. The van der Waals surface area contributed by atoms with Crippen LogP contribution in [0.5, 0.6) is 5.75 Å². The standard InChI is InChI=1S/C22H29N3O3/c1-3-4-19-18(9-10-20(27)22(19)25-15-26)21(28)14-24-12-11-16-5-7-17(8-6-16)13-23-2/h3-10,15,21,23-24,27-28H,11-14H2,1-2H3,(H,25,26)/b4-3-/t21-/m0/s1. The third-order valence-electron chi connectivity index (χ3n) is 4.48. The van der Waals surface area contributed by atoms with Crippen LogP contribution < -0.4 is 16.0 Å². The maximum Gasteiger partial charge on any atom is 0.211 e. The van der Waals surface area contributed by atoms with Crippen LogP contribution in [0.15, 0.2) is 42.5 Å². The molecule has 2 aromatic carbocycles. The van der Waals surface area contributed by atoms with E-state index in [1.165, 1.54) is 17.2 Å². The molecule has 5 N–H and O–H groups in total. The van der Waals surface area contributed by atoms with Crippen molar-refractivity contribution in [1.82, 2.24) is 10.6 Å². The van der Waals surface area contributed by atoms with Crippen molar-refractivity contribution >= 4 is 18.2 Å². The molecule has 1 amide bonds. The number of aliphatic hydroxyl groups excluding tert-OH is 1. The predicted octanol–water partition coefficient (Wildman–Crippen LogP) is 2.58. The van der Waals surface area contributed by atoms with Gasteiger partial charge in [0.15, 0.2) is 0 Å². The molecule has 0 heterocycles. The highest BCUT2D eigenvalue weighted by molar-refractivity contribution is 5.84. The Hall–Kier alpha value is -2.67.